The number of benzene rings is 2. The van der Waals surface area contributed by atoms with Gasteiger partial charge >= 0.3 is 0 Å². The fourth-order valence-electron chi connectivity index (χ4n) is 3.06. The number of rotatable bonds is 7. The van der Waals surface area contributed by atoms with Crippen LogP contribution < -0.4 is 0 Å². The molecule has 4 heteroatoms. The molecule has 0 bridgehead atoms. The molecule has 1 heterocycles. The van der Waals surface area contributed by atoms with Crippen molar-refractivity contribution in [3.63, 3.8) is 0 Å². The molecule has 0 saturated carbocycles. The van der Waals surface area contributed by atoms with Crippen molar-refractivity contribution in [2.45, 2.75) is 26.4 Å². The van der Waals surface area contributed by atoms with E-state index >= 15 is 0 Å². The van der Waals surface area contributed by atoms with Crippen LogP contribution in [0, 0.1) is 5.82 Å². The second kappa shape index (κ2) is 8.48. The third-order valence-electron chi connectivity index (χ3n) is 4.32. The number of aromatic nitrogens is 1. The number of carbonyl (C=O) groups is 1. The van der Waals surface area contributed by atoms with Gasteiger partial charge in [-0.05, 0) is 48.4 Å². The lowest BCUT2D eigenvalue weighted by Crippen LogP contribution is -2.32. The Bertz CT molecular complexity index is 857. The number of hydrogen-bond acceptors (Lipinski definition) is 1. The second-order valence-electron chi connectivity index (χ2n) is 6.35. The molecule has 0 atom stereocenters. The van der Waals surface area contributed by atoms with Gasteiger partial charge in [0, 0.05) is 30.5 Å². The third kappa shape index (κ3) is 4.39. The van der Waals surface area contributed by atoms with Crippen molar-refractivity contribution < 1.29 is 9.18 Å². The molecule has 0 aliphatic rings. The van der Waals surface area contributed by atoms with Gasteiger partial charge in [-0.2, -0.15) is 0 Å². The van der Waals surface area contributed by atoms with Crippen LogP contribution in [0.25, 0.3) is 0 Å². The first kappa shape index (κ1) is 17.9. The second-order valence-corrected chi connectivity index (χ2v) is 6.35. The third-order valence-corrected chi connectivity index (χ3v) is 4.32. The highest BCUT2D eigenvalue weighted by Gasteiger charge is 2.16. The number of carbonyl (C=O) groups excluding carboxylic acids is 1. The Morgan fingerprint density at radius 2 is 1.85 bits per heavy atom. The maximum absolute atomic E-state index is 13.4. The maximum atomic E-state index is 13.4. The lowest BCUT2D eigenvalue weighted by atomic mass is 10.2. The van der Waals surface area contributed by atoms with Crippen LogP contribution in [-0.4, -0.2) is 21.9 Å². The molecule has 0 aliphatic heterocycles. The Kier molecular flexibility index (Phi) is 5.84. The molecule has 134 valence electrons. The van der Waals surface area contributed by atoms with E-state index in [0.717, 1.165) is 17.7 Å². The maximum Gasteiger partial charge on any atom is 0.254 e. The summed E-state index contributed by atoms with van der Waals surface area (Å²) >= 11 is 0. The topological polar surface area (TPSA) is 25.2 Å². The number of halogens is 1. The van der Waals surface area contributed by atoms with Crippen molar-refractivity contribution in [2.75, 3.05) is 6.54 Å². The summed E-state index contributed by atoms with van der Waals surface area (Å²) in [4.78, 5) is 14.7. The largest absolute Gasteiger partial charge is 0.345 e. The van der Waals surface area contributed by atoms with Crippen LogP contribution >= 0.6 is 0 Å². The van der Waals surface area contributed by atoms with Gasteiger partial charge in [0.2, 0.25) is 0 Å². The van der Waals surface area contributed by atoms with Gasteiger partial charge in [-0.15, -0.1) is 0 Å². The van der Waals surface area contributed by atoms with Crippen molar-refractivity contribution in [3.8, 4) is 0 Å². The van der Waals surface area contributed by atoms with Gasteiger partial charge in [0.05, 0.1) is 6.54 Å². The molecular formula is C22H23FN2O. The Labute approximate surface area is 153 Å². The van der Waals surface area contributed by atoms with E-state index in [4.69, 9.17) is 0 Å². The predicted molar refractivity (Wildman–Crippen MR) is 101 cm³/mol. The van der Waals surface area contributed by atoms with Crippen LogP contribution in [0.3, 0.4) is 0 Å². The van der Waals surface area contributed by atoms with E-state index in [1.54, 1.807) is 12.1 Å². The predicted octanol–water partition coefficient (Wildman–Crippen LogP) is 4.73. The average Bonchev–Trinajstić information content (AvgIpc) is 3.08. The zero-order chi connectivity index (χ0) is 18.4. The summed E-state index contributed by atoms with van der Waals surface area (Å²) in [6.45, 7) is 3.87. The monoisotopic (exact) mass is 350 g/mol. The van der Waals surface area contributed by atoms with Gasteiger partial charge in [-0.25, -0.2) is 4.39 Å². The Morgan fingerprint density at radius 1 is 1.04 bits per heavy atom. The summed E-state index contributed by atoms with van der Waals surface area (Å²) in [6, 6.07) is 19.9. The summed E-state index contributed by atoms with van der Waals surface area (Å²) < 4.78 is 15.5. The van der Waals surface area contributed by atoms with Gasteiger partial charge < -0.3 is 9.47 Å². The lowest BCUT2D eigenvalue weighted by Gasteiger charge is -2.23. The molecule has 0 aliphatic carbocycles. The summed E-state index contributed by atoms with van der Waals surface area (Å²) in [7, 11) is 0. The van der Waals surface area contributed by atoms with Gasteiger partial charge in [0.1, 0.15) is 5.82 Å². The molecule has 2 aromatic carbocycles. The highest BCUT2D eigenvalue weighted by atomic mass is 19.1. The van der Waals surface area contributed by atoms with Gasteiger partial charge in [0.15, 0.2) is 0 Å². The fourth-order valence-corrected chi connectivity index (χ4v) is 3.06. The molecule has 0 saturated heterocycles. The molecule has 0 unspecified atom stereocenters. The fraction of sp³-hybridized carbons (Fsp3) is 0.227. The molecule has 1 aromatic heterocycles. The van der Waals surface area contributed by atoms with E-state index in [2.05, 4.69) is 11.5 Å². The van der Waals surface area contributed by atoms with E-state index in [0.29, 0.717) is 25.2 Å². The highest BCUT2D eigenvalue weighted by Crippen LogP contribution is 2.14. The first-order chi connectivity index (χ1) is 12.7. The SMILES string of the molecule is CCCN(Cc1cccn1Cc1cccc(F)c1)C(=O)c1ccccc1. The van der Waals surface area contributed by atoms with Crippen LogP contribution in [0.4, 0.5) is 4.39 Å². The summed E-state index contributed by atoms with van der Waals surface area (Å²) in [5.41, 5.74) is 2.63. The molecule has 3 rings (SSSR count). The van der Waals surface area contributed by atoms with E-state index < -0.39 is 0 Å². The van der Waals surface area contributed by atoms with Crippen molar-refractivity contribution in [1.82, 2.24) is 9.47 Å². The molecule has 0 N–H and O–H groups in total. The average molecular weight is 350 g/mol. The van der Waals surface area contributed by atoms with Crippen LogP contribution in [0.1, 0.15) is 35.0 Å². The first-order valence-corrected chi connectivity index (χ1v) is 8.90. The van der Waals surface area contributed by atoms with Crippen LogP contribution in [0.15, 0.2) is 72.9 Å². The van der Waals surface area contributed by atoms with Crippen LogP contribution in [0.5, 0.6) is 0 Å². The minimum atomic E-state index is -0.233. The quantitative estimate of drug-likeness (QED) is 0.605. The number of amides is 1. The van der Waals surface area contributed by atoms with Crippen LogP contribution in [0.2, 0.25) is 0 Å². The van der Waals surface area contributed by atoms with E-state index in [-0.39, 0.29) is 11.7 Å². The molecule has 0 fully saturated rings. The molecule has 0 spiro atoms. The van der Waals surface area contributed by atoms with Gasteiger partial charge in [0.25, 0.3) is 5.91 Å². The van der Waals surface area contributed by atoms with Gasteiger partial charge in [-0.1, -0.05) is 37.3 Å². The summed E-state index contributed by atoms with van der Waals surface area (Å²) in [5.74, 6) is -0.200. The normalized spacial score (nSPS) is 10.7. The van der Waals surface area contributed by atoms with Gasteiger partial charge in [-0.3, -0.25) is 4.79 Å². The van der Waals surface area contributed by atoms with E-state index in [9.17, 15) is 9.18 Å². The molecule has 0 radical (unpaired) electrons. The smallest absolute Gasteiger partial charge is 0.254 e. The molecule has 1 amide bonds. The zero-order valence-electron chi connectivity index (χ0n) is 14.9. The molecule has 3 aromatic rings. The van der Waals surface area contributed by atoms with Crippen molar-refractivity contribution in [3.05, 3.63) is 95.6 Å². The Hall–Kier alpha value is -2.88. The highest BCUT2D eigenvalue weighted by molar-refractivity contribution is 5.94. The van der Waals surface area contributed by atoms with Crippen molar-refractivity contribution >= 4 is 5.91 Å². The molecular weight excluding hydrogens is 327 g/mol. The molecule has 3 nitrogen and oxygen atoms in total. The Morgan fingerprint density at radius 3 is 2.58 bits per heavy atom. The van der Waals surface area contributed by atoms with Crippen LogP contribution in [-0.2, 0) is 13.1 Å². The van der Waals surface area contributed by atoms with E-state index in [1.165, 1.54) is 6.07 Å². The zero-order valence-corrected chi connectivity index (χ0v) is 14.9. The minimum Gasteiger partial charge on any atom is -0.345 e. The standard InChI is InChI=1S/C22H23FN2O/c1-2-13-25(22(26)19-9-4-3-5-10-19)17-21-12-7-14-24(21)16-18-8-6-11-20(23)15-18/h3-12,14-15H,2,13,16-17H2,1H3. The van der Waals surface area contributed by atoms with Crippen molar-refractivity contribution in [1.29, 1.82) is 0 Å². The van der Waals surface area contributed by atoms with Crippen molar-refractivity contribution in [2.24, 2.45) is 0 Å². The van der Waals surface area contributed by atoms with E-state index in [1.807, 2.05) is 59.6 Å². The Balaban J connectivity index is 1.78. The summed E-state index contributed by atoms with van der Waals surface area (Å²) in [5, 5.41) is 0. The summed E-state index contributed by atoms with van der Waals surface area (Å²) in [6.07, 6.45) is 2.86. The lowest BCUT2D eigenvalue weighted by molar-refractivity contribution is 0.0739. The first-order valence-electron chi connectivity index (χ1n) is 8.90. The minimum absolute atomic E-state index is 0.0333. The number of nitrogens with zero attached hydrogens (tertiary/aromatic N) is 2. The molecule has 26 heavy (non-hydrogen) atoms. The number of hydrogen-bond donors (Lipinski definition) is 0.